The summed E-state index contributed by atoms with van der Waals surface area (Å²) in [4.78, 5) is 21.6. The molecule has 108 valence electrons. The lowest BCUT2D eigenvalue weighted by Crippen LogP contribution is -2.18. The molecule has 1 aromatic carbocycles. The van der Waals surface area contributed by atoms with Crippen LogP contribution in [-0.2, 0) is 4.79 Å². The second kappa shape index (κ2) is 8.06. The molecule has 21 heavy (non-hydrogen) atoms. The minimum Gasteiger partial charge on any atom is -0.478 e. The Morgan fingerprint density at radius 1 is 1.38 bits per heavy atom. The molecule has 0 aromatic heterocycles. The molecule has 8 nitrogen and oxygen atoms in total. The minimum atomic E-state index is -0.999. The molecule has 1 aromatic rings. The van der Waals surface area contributed by atoms with Gasteiger partial charge in [-0.25, -0.2) is 10.2 Å². The number of hydrogen-bond acceptors (Lipinski definition) is 6. The van der Waals surface area contributed by atoms with E-state index in [1.54, 1.807) is 25.1 Å². The zero-order valence-corrected chi connectivity index (χ0v) is 11.2. The number of nitrogens with zero attached hydrogens (tertiary/aromatic N) is 3. The molecule has 0 aliphatic rings. The molecule has 0 aliphatic carbocycles. The van der Waals surface area contributed by atoms with Gasteiger partial charge in [-0.05, 0) is 31.2 Å². The molecule has 8 heteroatoms. The lowest BCUT2D eigenvalue weighted by molar-refractivity contribution is -0.120. The summed E-state index contributed by atoms with van der Waals surface area (Å²) in [6.07, 6.45) is 1.11. The first-order chi connectivity index (χ1) is 10.0. The van der Waals surface area contributed by atoms with Gasteiger partial charge in [0, 0.05) is 0 Å². The molecule has 0 radical (unpaired) electrons. The fourth-order valence-corrected chi connectivity index (χ4v) is 1.18. The van der Waals surface area contributed by atoms with Gasteiger partial charge >= 0.3 is 5.97 Å². The molecule has 0 unspecified atom stereocenters. The second-order valence-corrected chi connectivity index (χ2v) is 3.88. The first-order valence-electron chi connectivity index (χ1n) is 5.85. The van der Waals surface area contributed by atoms with Crippen LogP contribution in [0.4, 0.5) is 5.69 Å². The lowest BCUT2D eigenvalue weighted by atomic mass is 10.2. The van der Waals surface area contributed by atoms with Gasteiger partial charge in [-0.3, -0.25) is 10.2 Å². The molecule has 0 spiro atoms. The zero-order chi connectivity index (χ0) is 15.7. The number of anilines is 1. The largest absolute Gasteiger partial charge is 0.478 e. The first-order valence-corrected chi connectivity index (χ1v) is 5.85. The van der Waals surface area contributed by atoms with Crippen LogP contribution < -0.4 is 10.9 Å². The van der Waals surface area contributed by atoms with Crippen LogP contribution in [0.25, 0.3) is 0 Å². The number of benzene rings is 1. The number of rotatable bonds is 6. The van der Waals surface area contributed by atoms with E-state index >= 15 is 0 Å². The molecular formula is C13H13N5O3. The van der Waals surface area contributed by atoms with E-state index < -0.39 is 11.9 Å². The quantitative estimate of drug-likeness (QED) is 0.535. The minimum absolute atomic E-state index is 0.183. The fraction of sp³-hybridized carbons (Fsp3) is 0.154. The Kier molecular flexibility index (Phi) is 6.08. The van der Waals surface area contributed by atoms with Gasteiger partial charge in [0.15, 0.2) is 0 Å². The molecule has 0 fully saturated rings. The summed E-state index contributed by atoms with van der Waals surface area (Å²) in [5.41, 5.74) is 6.10. The van der Waals surface area contributed by atoms with E-state index in [9.17, 15) is 9.59 Å². The van der Waals surface area contributed by atoms with Crippen molar-refractivity contribution in [1.82, 2.24) is 5.43 Å². The number of carbonyl (C=O) groups excluding carboxylic acids is 1. The van der Waals surface area contributed by atoms with E-state index in [-0.39, 0.29) is 12.0 Å². The zero-order valence-electron chi connectivity index (χ0n) is 11.2. The van der Waals surface area contributed by atoms with Crippen molar-refractivity contribution >= 4 is 29.5 Å². The van der Waals surface area contributed by atoms with Crippen LogP contribution in [0.2, 0.25) is 0 Å². The normalized spacial score (nSPS) is 11.0. The number of hydrogen-bond donors (Lipinski definition) is 3. The van der Waals surface area contributed by atoms with E-state index in [2.05, 4.69) is 21.1 Å². The smallest absolute Gasteiger partial charge is 0.335 e. The van der Waals surface area contributed by atoms with Gasteiger partial charge in [0.05, 0.1) is 29.2 Å². The summed E-state index contributed by atoms with van der Waals surface area (Å²) in [6, 6.07) is 7.74. The van der Waals surface area contributed by atoms with Crippen molar-refractivity contribution in [2.24, 2.45) is 10.2 Å². The lowest BCUT2D eigenvalue weighted by Gasteiger charge is -2.00. The van der Waals surface area contributed by atoms with Crippen molar-refractivity contribution in [1.29, 1.82) is 5.26 Å². The summed E-state index contributed by atoms with van der Waals surface area (Å²) in [5.74, 6) is -1.50. The van der Waals surface area contributed by atoms with Crippen molar-refractivity contribution < 1.29 is 14.7 Å². The topological polar surface area (TPSA) is 127 Å². The maximum absolute atomic E-state index is 11.0. The van der Waals surface area contributed by atoms with Crippen LogP contribution in [0.3, 0.4) is 0 Å². The predicted octanol–water partition coefficient (Wildman–Crippen LogP) is 1.19. The highest BCUT2D eigenvalue weighted by Crippen LogP contribution is 2.09. The van der Waals surface area contributed by atoms with E-state index in [0.717, 1.165) is 0 Å². The maximum Gasteiger partial charge on any atom is 0.335 e. The summed E-state index contributed by atoms with van der Waals surface area (Å²) in [6.45, 7) is 1.62. The Morgan fingerprint density at radius 3 is 2.62 bits per heavy atom. The number of amides is 1. The van der Waals surface area contributed by atoms with Crippen molar-refractivity contribution in [2.75, 3.05) is 5.43 Å². The number of carboxylic acid groups (broad SMARTS) is 1. The van der Waals surface area contributed by atoms with E-state index in [1.807, 2.05) is 0 Å². The van der Waals surface area contributed by atoms with E-state index in [1.165, 1.54) is 18.3 Å². The van der Waals surface area contributed by atoms with Gasteiger partial charge in [-0.1, -0.05) is 0 Å². The third-order valence-corrected chi connectivity index (χ3v) is 2.17. The van der Waals surface area contributed by atoms with Crippen molar-refractivity contribution in [3.05, 3.63) is 29.8 Å². The highest BCUT2D eigenvalue weighted by atomic mass is 16.4. The van der Waals surface area contributed by atoms with Crippen LogP contribution in [0, 0.1) is 11.3 Å². The van der Waals surface area contributed by atoms with Gasteiger partial charge < -0.3 is 5.11 Å². The van der Waals surface area contributed by atoms with Crippen LogP contribution in [0.15, 0.2) is 34.5 Å². The Hall–Kier alpha value is -3.21. The Bertz CT molecular complexity index is 614. The monoisotopic (exact) mass is 287 g/mol. The first kappa shape index (κ1) is 15.8. The highest BCUT2D eigenvalue weighted by molar-refractivity contribution is 6.29. The standard InChI is InChI=1S/C13H13N5O3/c1-9(16-18-12(19)6-7-14)8-15-17-11-4-2-10(3-5-11)13(20)21/h2-5,8,17H,6H2,1H3,(H,18,19)(H,20,21)/b15-8-,16-9+. The summed E-state index contributed by atoms with van der Waals surface area (Å²) < 4.78 is 0. The molecule has 0 saturated heterocycles. The van der Waals surface area contributed by atoms with E-state index in [0.29, 0.717) is 11.4 Å². The SMILES string of the molecule is CC(/C=N\Nc1ccc(C(=O)O)cc1)=N\NC(=O)CC#N. The number of nitrogens with one attached hydrogen (secondary N) is 2. The van der Waals surface area contributed by atoms with E-state index in [4.69, 9.17) is 10.4 Å². The second-order valence-electron chi connectivity index (χ2n) is 3.88. The van der Waals surface area contributed by atoms with Gasteiger partial charge in [-0.15, -0.1) is 0 Å². The average Bonchev–Trinajstić information content (AvgIpc) is 2.46. The van der Waals surface area contributed by atoms with Crippen LogP contribution in [0.5, 0.6) is 0 Å². The molecule has 1 rings (SSSR count). The van der Waals surface area contributed by atoms with Crippen LogP contribution in [-0.4, -0.2) is 28.9 Å². The predicted molar refractivity (Wildman–Crippen MR) is 77.0 cm³/mol. The molecular weight excluding hydrogens is 274 g/mol. The third kappa shape index (κ3) is 5.98. The highest BCUT2D eigenvalue weighted by Gasteiger charge is 2.00. The van der Waals surface area contributed by atoms with Gasteiger partial charge in [0.1, 0.15) is 6.42 Å². The number of carboxylic acids is 1. The molecule has 0 heterocycles. The summed E-state index contributed by atoms with van der Waals surface area (Å²) in [5, 5.41) is 24.6. The summed E-state index contributed by atoms with van der Waals surface area (Å²) in [7, 11) is 0. The maximum atomic E-state index is 11.0. The summed E-state index contributed by atoms with van der Waals surface area (Å²) >= 11 is 0. The van der Waals surface area contributed by atoms with Gasteiger partial charge in [-0.2, -0.15) is 15.5 Å². The molecule has 0 atom stereocenters. The molecule has 3 N–H and O–H groups in total. The molecule has 0 saturated carbocycles. The number of aromatic carboxylic acids is 1. The average molecular weight is 287 g/mol. The van der Waals surface area contributed by atoms with Crippen LogP contribution >= 0.6 is 0 Å². The van der Waals surface area contributed by atoms with Gasteiger partial charge in [0.25, 0.3) is 5.91 Å². The third-order valence-electron chi connectivity index (χ3n) is 2.17. The number of nitriles is 1. The van der Waals surface area contributed by atoms with Gasteiger partial charge in [0.2, 0.25) is 0 Å². The van der Waals surface area contributed by atoms with Crippen molar-refractivity contribution in [3.8, 4) is 6.07 Å². The van der Waals surface area contributed by atoms with Crippen molar-refractivity contribution in [3.63, 3.8) is 0 Å². The Labute approximate surface area is 120 Å². The van der Waals surface area contributed by atoms with Crippen LogP contribution in [0.1, 0.15) is 23.7 Å². The number of carbonyl (C=O) groups is 2. The Morgan fingerprint density at radius 2 is 2.05 bits per heavy atom. The molecule has 1 amide bonds. The van der Waals surface area contributed by atoms with Crippen molar-refractivity contribution in [2.45, 2.75) is 13.3 Å². The number of hydrazone groups is 2. The molecule has 0 bridgehead atoms. The fourth-order valence-electron chi connectivity index (χ4n) is 1.18. The Balaban J connectivity index is 2.50. The molecule has 0 aliphatic heterocycles.